The predicted octanol–water partition coefficient (Wildman–Crippen LogP) is 3.31. The summed E-state index contributed by atoms with van der Waals surface area (Å²) in [6, 6.07) is 9.17. The number of aryl methyl sites for hydroxylation is 2. The second kappa shape index (κ2) is 8.57. The average molecular weight is 332 g/mol. The molecule has 0 unspecified atom stereocenters. The molecule has 6 nitrogen and oxygen atoms in total. The molecule has 0 aliphatic heterocycles. The first kappa shape index (κ1) is 19.0. The van der Waals surface area contributed by atoms with Crippen molar-refractivity contribution in [3.63, 3.8) is 0 Å². The lowest BCUT2D eigenvalue weighted by molar-refractivity contribution is 0.0682. The highest BCUT2D eigenvalue weighted by atomic mass is 16.4. The summed E-state index contributed by atoms with van der Waals surface area (Å²) in [6.07, 6.45) is 1.57. The van der Waals surface area contributed by atoms with Gasteiger partial charge in [-0.3, -0.25) is 0 Å². The third kappa shape index (κ3) is 5.01. The molecular weight excluding hydrogens is 312 g/mol. The summed E-state index contributed by atoms with van der Waals surface area (Å²) in [5.74, 6) is -2.53. The normalized spacial score (nSPS) is 9.75. The van der Waals surface area contributed by atoms with Gasteiger partial charge < -0.3 is 20.4 Å². The van der Waals surface area contributed by atoms with Crippen LogP contribution < -0.4 is 0 Å². The van der Waals surface area contributed by atoms with Crippen LogP contribution in [0, 0.1) is 0 Å². The van der Waals surface area contributed by atoms with Crippen molar-refractivity contribution in [2.45, 2.75) is 26.7 Å². The fourth-order valence-electron chi connectivity index (χ4n) is 1.96. The Morgan fingerprint density at radius 1 is 0.750 bits per heavy atom. The molecule has 0 radical (unpaired) electrons. The van der Waals surface area contributed by atoms with Crippen LogP contribution in [0.4, 0.5) is 0 Å². The SMILES string of the molecule is CCc1ccc(C(=O)O)c(O)c1.CCc1ccc(C(=O)O)c(O)c1. The molecule has 0 saturated heterocycles. The number of carbonyl (C=O) groups is 2. The Kier molecular flexibility index (Phi) is 6.79. The molecule has 0 atom stereocenters. The van der Waals surface area contributed by atoms with Crippen LogP contribution in [0.3, 0.4) is 0 Å². The number of aromatic carboxylic acids is 2. The van der Waals surface area contributed by atoms with Crippen molar-refractivity contribution in [3.8, 4) is 11.5 Å². The van der Waals surface area contributed by atoms with Crippen LogP contribution in [0.1, 0.15) is 45.7 Å². The van der Waals surface area contributed by atoms with Gasteiger partial charge in [0, 0.05) is 0 Å². The van der Waals surface area contributed by atoms with Gasteiger partial charge in [0.15, 0.2) is 0 Å². The van der Waals surface area contributed by atoms with Gasteiger partial charge in [-0.2, -0.15) is 0 Å². The number of carboxylic acids is 2. The minimum atomic E-state index is -1.10. The van der Waals surface area contributed by atoms with Crippen LogP contribution >= 0.6 is 0 Å². The molecule has 0 bridgehead atoms. The van der Waals surface area contributed by atoms with Crippen molar-refractivity contribution >= 4 is 11.9 Å². The topological polar surface area (TPSA) is 115 Å². The van der Waals surface area contributed by atoms with Gasteiger partial charge in [-0.25, -0.2) is 9.59 Å². The molecule has 0 spiro atoms. The van der Waals surface area contributed by atoms with Gasteiger partial charge in [0.2, 0.25) is 0 Å². The van der Waals surface area contributed by atoms with Crippen molar-refractivity contribution in [2.24, 2.45) is 0 Å². The second-order valence-corrected chi connectivity index (χ2v) is 5.02. The van der Waals surface area contributed by atoms with Crippen LogP contribution in [-0.4, -0.2) is 32.4 Å². The lowest BCUT2D eigenvalue weighted by Gasteiger charge is -2.01. The minimum Gasteiger partial charge on any atom is -0.507 e. The maximum absolute atomic E-state index is 10.5. The van der Waals surface area contributed by atoms with Gasteiger partial charge in [0.25, 0.3) is 0 Å². The summed E-state index contributed by atoms with van der Waals surface area (Å²) in [6.45, 7) is 3.88. The zero-order valence-corrected chi connectivity index (χ0v) is 13.5. The molecule has 0 fully saturated rings. The van der Waals surface area contributed by atoms with Crippen LogP contribution in [0.2, 0.25) is 0 Å². The van der Waals surface area contributed by atoms with E-state index in [1.54, 1.807) is 12.1 Å². The molecule has 0 aliphatic rings. The Labute approximate surface area is 139 Å². The van der Waals surface area contributed by atoms with E-state index in [9.17, 15) is 19.8 Å². The summed E-state index contributed by atoms with van der Waals surface area (Å²) in [7, 11) is 0. The van der Waals surface area contributed by atoms with E-state index in [1.807, 2.05) is 13.8 Å². The highest BCUT2D eigenvalue weighted by molar-refractivity contribution is 5.91. The van der Waals surface area contributed by atoms with E-state index in [-0.39, 0.29) is 22.6 Å². The van der Waals surface area contributed by atoms with Crippen molar-refractivity contribution in [2.75, 3.05) is 0 Å². The zero-order valence-electron chi connectivity index (χ0n) is 13.5. The molecule has 6 heteroatoms. The van der Waals surface area contributed by atoms with Crippen molar-refractivity contribution in [1.82, 2.24) is 0 Å². The Hall–Kier alpha value is -3.02. The van der Waals surface area contributed by atoms with Crippen LogP contribution in [-0.2, 0) is 12.8 Å². The van der Waals surface area contributed by atoms with E-state index in [0.717, 1.165) is 24.0 Å². The number of aromatic hydroxyl groups is 2. The Balaban J connectivity index is 0.000000240. The van der Waals surface area contributed by atoms with E-state index in [1.165, 1.54) is 24.3 Å². The summed E-state index contributed by atoms with van der Waals surface area (Å²) in [4.78, 5) is 20.9. The molecule has 2 rings (SSSR count). The molecule has 2 aromatic rings. The fraction of sp³-hybridized carbons (Fsp3) is 0.222. The fourth-order valence-corrected chi connectivity index (χ4v) is 1.96. The van der Waals surface area contributed by atoms with Gasteiger partial charge in [-0.05, 0) is 48.2 Å². The highest BCUT2D eigenvalue weighted by Gasteiger charge is 2.09. The second-order valence-electron chi connectivity index (χ2n) is 5.02. The summed E-state index contributed by atoms with van der Waals surface area (Å²) >= 11 is 0. The van der Waals surface area contributed by atoms with Crippen molar-refractivity contribution in [3.05, 3.63) is 58.7 Å². The maximum Gasteiger partial charge on any atom is 0.339 e. The number of carboxylic acid groups (broad SMARTS) is 2. The zero-order chi connectivity index (χ0) is 18.3. The standard InChI is InChI=1S/2C9H10O3/c2*1-2-6-3-4-7(9(11)12)8(10)5-6/h2*3-5,10H,2H2,1H3,(H,11,12). The van der Waals surface area contributed by atoms with E-state index in [0.29, 0.717) is 0 Å². The molecule has 0 saturated carbocycles. The lowest BCUT2D eigenvalue weighted by atomic mass is 10.1. The van der Waals surface area contributed by atoms with Crippen LogP contribution in [0.5, 0.6) is 11.5 Å². The Morgan fingerprint density at radius 2 is 1.08 bits per heavy atom. The molecule has 0 aliphatic carbocycles. The van der Waals surface area contributed by atoms with E-state index in [2.05, 4.69) is 0 Å². The molecule has 0 amide bonds. The Bertz CT molecular complexity index is 673. The third-order valence-electron chi connectivity index (χ3n) is 3.40. The molecule has 0 heterocycles. The highest BCUT2D eigenvalue weighted by Crippen LogP contribution is 2.19. The molecule has 4 N–H and O–H groups in total. The van der Waals surface area contributed by atoms with E-state index < -0.39 is 11.9 Å². The van der Waals surface area contributed by atoms with E-state index >= 15 is 0 Å². The summed E-state index contributed by atoms with van der Waals surface area (Å²) in [5, 5.41) is 35.6. The summed E-state index contributed by atoms with van der Waals surface area (Å²) in [5.41, 5.74) is 1.76. The van der Waals surface area contributed by atoms with E-state index in [4.69, 9.17) is 10.2 Å². The first-order chi connectivity index (χ1) is 11.3. The number of hydrogen-bond acceptors (Lipinski definition) is 4. The largest absolute Gasteiger partial charge is 0.507 e. The van der Waals surface area contributed by atoms with Gasteiger partial charge >= 0.3 is 11.9 Å². The van der Waals surface area contributed by atoms with Crippen molar-refractivity contribution < 1.29 is 30.0 Å². The number of rotatable bonds is 4. The minimum absolute atomic E-state index is 0.0489. The monoisotopic (exact) mass is 332 g/mol. The molecule has 24 heavy (non-hydrogen) atoms. The van der Waals surface area contributed by atoms with Crippen LogP contribution in [0.15, 0.2) is 36.4 Å². The van der Waals surface area contributed by atoms with Gasteiger partial charge in [0.1, 0.15) is 22.6 Å². The van der Waals surface area contributed by atoms with Gasteiger partial charge in [-0.15, -0.1) is 0 Å². The van der Waals surface area contributed by atoms with Gasteiger partial charge in [-0.1, -0.05) is 26.0 Å². The lowest BCUT2D eigenvalue weighted by Crippen LogP contribution is -1.96. The average Bonchev–Trinajstić information content (AvgIpc) is 2.54. The first-order valence-corrected chi connectivity index (χ1v) is 7.40. The number of hydrogen-bond donors (Lipinski definition) is 4. The maximum atomic E-state index is 10.5. The molecule has 128 valence electrons. The molecule has 0 aromatic heterocycles. The number of phenols is 2. The number of benzene rings is 2. The Morgan fingerprint density at radius 3 is 1.29 bits per heavy atom. The smallest absolute Gasteiger partial charge is 0.339 e. The van der Waals surface area contributed by atoms with Crippen LogP contribution in [0.25, 0.3) is 0 Å². The molecular formula is C18H20O6. The van der Waals surface area contributed by atoms with Gasteiger partial charge in [0.05, 0.1) is 0 Å². The third-order valence-corrected chi connectivity index (χ3v) is 3.40. The van der Waals surface area contributed by atoms with Crippen molar-refractivity contribution in [1.29, 1.82) is 0 Å². The first-order valence-electron chi connectivity index (χ1n) is 7.40. The summed E-state index contributed by atoms with van der Waals surface area (Å²) < 4.78 is 0. The predicted molar refractivity (Wildman–Crippen MR) is 88.9 cm³/mol. The molecule has 2 aromatic carbocycles. The quantitative estimate of drug-likeness (QED) is 0.683.